The van der Waals surface area contributed by atoms with Crippen LogP contribution in [0.1, 0.15) is 57.0 Å². The van der Waals surface area contributed by atoms with Crippen molar-refractivity contribution in [3.8, 4) is 0 Å². The van der Waals surface area contributed by atoms with Crippen molar-refractivity contribution in [2.45, 2.75) is 75.3 Å². The summed E-state index contributed by atoms with van der Waals surface area (Å²) in [4.78, 5) is 0. The van der Waals surface area contributed by atoms with Gasteiger partial charge in [-0.05, 0) is 83.9 Å². The summed E-state index contributed by atoms with van der Waals surface area (Å²) < 4.78 is 0. The summed E-state index contributed by atoms with van der Waals surface area (Å²) in [6.07, 6.45) is 0. The van der Waals surface area contributed by atoms with Gasteiger partial charge in [0.2, 0.25) is 0 Å². The fraction of sp³-hybridized carbons (Fsp3) is 0.379. The third kappa shape index (κ3) is 3.58. The lowest BCUT2D eigenvalue weighted by Crippen LogP contribution is -2.70. The van der Waals surface area contributed by atoms with Gasteiger partial charge in [0.25, 0.3) is 0 Å². The van der Waals surface area contributed by atoms with Gasteiger partial charge in [-0.15, -0.1) is 0 Å². The lowest BCUT2D eigenvalue weighted by atomic mass is 10.1. The molecule has 0 aliphatic rings. The molecule has 0 nitrogen and oxygen atoms in total. The van der Waals surface area contributed by atoms with E-state index in [4.69, 9.17) is 0 Å². The molecule has 0 aromatic heterocycles. The molecular formula is C29H38Si. The van der Waals surface area contributed by atoms with Crippen LogP contribution in [0, 0.1) is 62.3 Å². The Labute approximate surface area is 185 Å². The molecule has 0 aliphatic heterocycles. The van der Waals surface area contributed by atoms with Gasteiger partial charge in [-0.25, -0.2) is 0 Å². The lowest BCUT2D eigenvalue weighted by molar-refractivity contribution is 1.28. The smallest absolute Gasteiger partial charge is 0.0669 e. The first-order valence-corrected chi connectivity index (χ1v) is 13.5. The summed E-state index contributed by atoms with van der Waals surface area (Å²) in [5.41, 5.74) is 12.8. The van der Waals surface area contributed by atoms with E-state index in [9.17, 15) is 0 Å². The third-order valence-corrected chi connectivity index (χ3v) is 12.8. The maximum atomic E-state index is 2.43. The number of aryl methyl sites for hydroxylation is 9. The van der Waals surface area contributed by atoms with Gasteiger partial charge in [-0.1, -0.05) is 93.4 Å². The van der Waals surface area contributed by atoms with Gasteiger partial charge >= 0.3 is 0 Å². The molecule has 0 fully saturated rings. The third-order valence-electron chi connectivity index (χ3n) is 6.84. The Morgan fingerprint density at radius 2 is 0.633 bits per heavy atom. The molecule has 0 amide bonds. The second-order valence-corrected chi connectivity index (χ2v) is 13.6. The van der Waals surface area contributed by atoms with Gasteiger partial charge in [-0.2, -0.15) is 0 Å². The van der Waals surface area contributed by atoms with Crippen molar-refractivity contribution >= 4 is 23.6 Å². The molecule has 0 saturated heterocycles. The molecule has 0 unspecified atom stereocenters. The van der Waals surface area contributed by atoms with E-state index in [1.54, 1.807) is 15.6 Å². The number of hydrogen-bond acceptors (Lipinski definition) is 0. The lowest BCUT2D eigenvalue weighted by Gasteiger charge is -2.40. The zero-order chi connectivity index (χ0) is 22.4. The molecule has 3 rings (SSSR count). The van der Waals surface area contributed by atoms with Crippen molar-refractivity contribution in [2.24, 2.45) is 0 Å². The van der Waals surface area contributed by atoms with Crippen LogP contribution in [0.4, 0.5) is 0 Å². The summed E-state index contributed by atoms with van der Waals surface area (Å²) in [7, 11) is -2.23. The average molecular weight is 415 g/mol. The summed E-state index contributed by atoms with van der Waals surface area (Å²) in [6, 6.07) is 15.6. The van der Waals surface area contributed by atoms with Crippen LogP contribution in [0.25, 0.3) is 0 Å². The number of benzene rings is 3. The second-order valence-electron chi connectivity index (χ2n) is 9.58. The zero-order valence-electron chi connectivity index (χ0n) is 20.7. The van der Waals surface area contributed by atoms with Crippen LogP contribution < -0.4 is 15.6 Å². The highest BCUT2D eigenvalue weighted by Gasteiger charge is 2.43. The minimum Gasteiger partial charge on any atom is -0.0669 e. The first kappa shape index (κ1) is 22.6. The van der Waals surface area contributed by atoms with Crippen LogP contribution in [0.5, 0.6) is 0 Å². The Morgan fingerprint density at radius 1 is 0.433 bits per heavy atom. The Balaban J connectivity index is 2.61. The molecule has 0 radical (unpaired) electrons. The molecule has 0 saturated carbocycles. The fourth-order valence-corrected chi connectivity index (χ4v) is 12.7. The largest absolute Gasteiger partial charge is 0.150 e. The standard InChI is InChI=1S/C29H38Si/c1-11-30(27-21(5)12-18(2)13-22(27)6,28-23(7)14-19(3)15-24(28)8)29-25(9)16-20(4)17-26(29)10/h12-17H,11H2,1-10H3. The maximum Gasteiger partial charge on any atom is 0.150 e. The maximum absolute atomic E-state index is 2.43. The van der Waals surface area contributed by atoms with E-state index in [1.165, 1.54) is 56.1 Å². The average Bonchev–Trinajstić information content (AvgIpc) is 2.58. The molecule has 0 aliphatic carbocycles. The van der Waals surface area contributed by atoms with Crippen LogP contribution in [0.15, 0.2) is 36.4 Å². The van der Waals surface area contributed by atoms with Gasteiger partial charge in [0, 0.05) is 0 Å². The molecule has 0 heterocycles. The topological polar surface area (TPSA) is 0 Å². The van der Waals surface area contributed by atoms with Crippen molar-refractivity contribution in [1.82, 2.24) is 0 Å². The predicted molar refractivity (Wildman–Crippen MR) is 137 cm³/mol. The summed E-state index contributed by atoms with van der Waals surface area (Å²) >= 11 is 0. The van der Waals surface area contributed by atoms with Gasteiger partial charge in [0.1, 0.15) is 8.07 Å². The van der Waals surface area contributed by atoms with E-state index >= 15 is 0 Å². The van der Waals surface area contributed by atoms with Crippen LogP contribution in [-0.2, 0) is 0 Å². The van der Waals surface area contributed by atoms with Crippen molar-refractivity contribution in [3.63, 3.8) is 0 Å². The number of rotatable bonds is 4. The predicted octanol–water partition coefficient (Wildman–Crippen LogP) is 5.95. The zero-order valence-corrected chi connectivity index (χ0v) is 21.7. The van der Waals surface area contributed by atoms with Gasteiger partial charge < -0.3 is 0 Å². The van der Waals surface area contributed by atoms with E-state index in [-0.39, 0.29) is 0 Å². The van der Waals surface area contributed by atoms with Crippen LogP contribution in [-0.4, -0.2) is 8.07 Å². The van der Waals surface area contributed by atoms with Crippen molar-refractivity contribution in [1.29, 1.82) is 0 Å². The summed E-state index contributed by atoms with van der Waals surface area (Å²) in [5.74, 6) is 0. The molecular weight excluding hydrogens is 376 g/mol. The van der Waals surface area contributed by atoms with E-state index < -0.39 is 8.07 Å². The van der Waals surface area contributed by atoms with Crippen LogP contribution >= 0.6 is 0 Å². The highest BCUT2D eigenvalue weighted by atomic mass is 28.3. The fourth-order valence-electron chi connectivity index (χ4n) is 6.46. The van der Waals surface area contributed by atoms with Crippen LogP contribution in [0.2, 0.25) is 6.04 Å². The monoisotopic (exact) mass is 414 g/mol. The molecule has 0 spiro atoms. The van der Waals surface area contributed by atoms with Gasteiger partial charge in [-0.3, -0.25) is 0 Å². The molecule has 3 aromatic carbocycles. The normalized spacial score (nSPS) is 11.8. The molecule has 158 valence electrons. The Bertz CT molecular complexity index is 909. The van der Waals surface area contributed by atoms with Gasteiger partial charge in [0.15, 0.2) is 0 Å². The van der Waals surface area contributed by atoms with Crippen molar-refractivity contribution in [3.05, 3.63) is 86.5 Å². The second kappa shape index (κ2) is 8.19. The molecule has 0 bridgehead atoms. The highest BCUT2D eigenvalue weighted by Crippen LogP contribution is 2.24. The van der Waals surface area contributed by atoms with E-state index in [0.29, 0.717) is 0 Å². The summed E-state index contributed by atoms with van der Waals surface area (Å²) in [5, 5.41) is 4.88. The van der Waals surface area contributed by atoms with Crippen LogP contribution in [0.3, 0.4) is 0 Å². The molecule has 0 atom stereocenters. The molecule has 3 aromatic rings. The Kier molecular flexibility index (Phi) is 6.16. The molecule has 0 N–H and O–H groups in total. The Morgan fingerprint density at radius 3 is 0.800 bits per heavy atom. The van der Waals surface area contributed by atoms with Crippen molar-refractivity contribution in [2.75, 3.05) is 0 Å². The van der Waals surface area contributed by atoms with Gasteiger partial charge in [0.05, 0.1) is 0 Å². The van der Waals surface area contributed by atoms with Crippen molar-refractivity contribution < 1.29 is 0 Å². The first-order chi connectivity index (χ1) is 14.0. The minimum absolute atomic E-state index is 1.17. The minimum atomic E-state index is -2.23. The Hall–Kier alpha value is -2.12. The van der Waals surface area contributed by atoms with E-state index in [2.05, 4.69) is 106 Å². The first-order valence-electron chi connectivity index (χ1n) is 11.3. The number of hydrogen-bond donors (Lipinski definition) is 0. The molecule has 30 heavy (non-hydrogen) atoms. The summed E-state index contributed by atoms with van der Waals surface area (Å²) in [6.45, 7) is 23.1. The van der Waals surface area contributed by atoms with E-state index in [0.717, 1.165) is 0 Å². The quantitative estimate of drug-likeness (QED) is 0.365. The highest BCUT2D eigenvalue weighted by molar-refractivity contribution is 7.12. The van der Waals surface area contributed by atoms with E-state index in [1.807, 2.05) is 0 Å². The molecule has 1 heteroatoms. The SMILES string of the molecule is CC[Si](c1c(C)cc(C)cc1C)(c1c(C)cc(C)cc1C)c1c(C)cc(C)cc1C.